The number of ether oxygens (including phenoxy) is 1. The van der Waals surface area contributed by atoms with E-state index in [0.29, 0.717) is 24.3 Å². The Morgan fingerprint density at radius 3 is 1.35 bits per heavy atom. The molecule has 0 spiro atoms. The van der Waals surface area contributed by atoms with Gasteiger partial charge in [-0.05, 0) is 11.1 Å². The molecule has 2 rings (SSSR count). The van der Waals surface area contributed by atoms with Crippen molar-refractivity contribution in [3.63, 3.8) is 0 Å². The number of halogens is 12. The number of hydrogen-bond donors (Lipinski definition) is 2. The molecule has 0 atom stereocenters. The van der Waals surface area contributed by atoms with Gasteiger partial charge in [-0.3, -0.25) is 0 Å². The first kappa shape index (κ1) is 30.2. The first-order valence-corrected chi connectivity index (χ1v) is 9.62. The van der Waals surface area contributed by atoms with Gasteiger partial charge in [-0.1, -0.05) is 48.5 Å². The Morgan fingerprint density at radius 1 is 0.622 bits per heavy atom. The van der Waals surface area contributed by atoms with Crippen molar-refractivity contribution in [1.82, 2.24) is 0 Å². The van der Waals surface area contributed by atoms with Crippen molar-refractivity contribution >= 4 is 5.97 Å². The quantitative estimate of drug-likeness (QED) is 0.295. The first-order chi connectivity index (χ1) is 16.7. The molecule has 206 valence electrons. The molecule has 0 radical (unpaired) electrons. The van der Waals surface area contributed by atoms with Gasteiger partial charge in [-0.2, -0.15) is 52.7 Å². The van der Waals surface area contributed by atoms with Crippen molar-refractivity contribution in [2.24, 2.45) is 0 Å². The van der Waals surface area contributed by atoms with Crippen LogP contribution in [0.5, 0.6) is 0 Å². The lowest BCUT2D eigenvalue weighted by Gasteiger charge is -2.35. The fraction of sp³-hybridized carbons (Fsp3) is 0.381. The topological polar surface area (TPSA) is 66.8 Å². The number of benzene rings is 2. The molecule has 16 heteroatoms. The Hall–Kier alpha value is -3.01. The van der Waals surface area contributed by atoms with Crippen LogP contribution in [-0.4, -0.2) is 40.1 Å². The smallest absolute Gasteiger partial charge is 0.392 e. The van der Waals surface area contributed by atoms with E-state index in [9.17, 15) is 57.5 Å². The van der Waals surface area contributed by atoms with Gasteiger partial charge < -0.3 is 14.9 Å². The minimum absolute atomic E-state index is 0.114. The van der Waals surface area contributed by atoms with Crippen LogP contribution in [0, 0.1) is 0 Å². The molecule has 0 saturated carbocycles. The van der Waals surface area contributed by atoms with Gasteiger partial charge in [0.05, 0.1) is 13.2 Å². The van der Waals surface area contributed by atoms with Crippen molar-refractivity contribution in [1.29, 1.82) is 0 Å². The van der Waals surface area contributed by atoms with Gasteiger partial charge in [0, 0.05) is 11.1 Å². The van der Waals surface area contributed by atoms with Crippen LogP contribution in [-0.2, 0) is 34.6 Å². The molecule has 0 aromatic heterocycles. The second kappa shape index (κ2) is 9.70. The first-order valence-electron chi connectivity index (χ1n) is 9.62. The Labute approximate surface area is 199 Å². The zero-order valence-corrected chi connectivity index (χ0v) is 17.8. The van der Waals surface area contributed by atoms with Crippen LogP contribution >= 0.6 is 0 Å². The zero-order chi connectivity index (χ0) is 28.7. The van der Waals surface area contributed by atoms with E-state index in [4.69, 9.17) is 10.2 Å². The maximum absolute atomic E-state index is 14.4. The fourth-order valence-corrected chi connectivity index (χ4v) is 3.02. The van der Waals surface area contributed by atoms with E-state index in [1.54, 1.807) is 0 Å². The largest absolute Gasteiger partial charge is 0.473 e. The standard InChI is InChI=1S/C21H14F12O4/c22-16(23,13-7-3-1-5-11(13)9-34)19(28,29)18(26,27)15(36)37-21(32,33)20(30,31)17(24,25)14-8-4-2-6-12(14)10-35/h1-8,34-35H,9-10H2. The normalized spacial score (nSPS) is 14.0. The molecule has 0 bridgehead atoms. The summed E-state index contributed by atoms with van der Waals surface area (Å²) >= 11 is 0. The van der Waals surface area contributed by atoms with Crippen LogP contribution in [0.2, 0.25) is 0 Å². The predicted octanol–water partition coefficient (Wildman–Crippen LogP) is 5.60. The van der Waals surface area contributed by atoms with E-state index in [1.807, 2.05) is 0 Å². The fourth-order valence-electron chi connectivity index (χ4n) is 3.02. The van der Waals surface area contributed by atoms with Gasteiger partial charge in [0.25, 0.3) is 0 Å². The lowest BCUT2D eigenvalue weighted by atomic mass is 9.93. The summed E-state index contributed by atoms with van der Waals surface area (Å²) in [7, 11) is 0. The number of esters is 1. The highest BCUT2D eigenvalue weighted by Gasteiger charge is 2.80. The predicted molar refractivity (Wildman–Crippen MR) is 98.4 cm³/mol. The summed E-state index contributed by atoms with van der Waals surface area (Å²) in [4.78, 5) is 11.5. The third-order valence-corrected chi connectivity index (χ3v) is 5.08. The van der Waals surface area contributed by atoms with Crippen molar-refractivity contribution in [3.05, 3.63) is 70.8 Å². The number of rotatable bonds is 10. The second-order valence-electron chi connectivity index (χ2n) is 7.41. The van der Waals surface area contributed by atoms with E-state index in [1.165, 1.54) is 0 Å². The molecule has 0 heterocycles. The van der Waals surface area contributed by atoms with Crippen LogP contribution in [0.15, 0.2) is 48.5 Å². The average molecular weight is 558 g/mol. The van der Waals surface area contributed by atoms with Crippen LogP contribution in [0.3, 0.4) is 0 Å². The molecule has 2 aromatic carbocycles. The summed E-state index contributed by atoms with van der Waals surface area (Å²) in [6, 6.07) is 4.48. The molecule has 2 aromatic rings. The molecule has 2 N–H and O–H groups in total. The monoisotopic (exact) mass is 558 g/mol. The minimum Gasteiger partial charge on any atom is -0.392 e. The van der Waals surface area contributed by atoms with Gasteiger partial charge in [-0.25, -0.2) is 4.79 Å². The number of aliphatic hydroxyl groups is 2. The lowest BCUT2D eigenvalue weighted by Crippen LogP contribution is -2.61. The van der Waals surface area contributed by atoms with Crippen LogP contribution in [0.4, 0.5) is 52.7 Å². The Morgan fingerprint density at radius 2 is 0.973 bits per heavy atom. The molecule has 0 fully saturated rings. The highest BCUT2D eigenvalue weighted by molar-refractivity contribution is 5.79. The number of carbonyl (C=O) groups is 1. The van der Waals surface area contributed by atoms with Crippen molar-refractivity contribution < 1.29 is 72.4 Å². The number of alkyl halides is 12. The van der Waals surface area contributed by atoms with Crippen molar-refractivity contribution in [2.75, 3.05) is 0 Å². The number of carbonyl (C=O) groups excluding carboxylic acids is 1. The van der Waals surface area contributed by atoms with Gasteiger partial charge in [0.1, 0.15) is 0 Å². The molecule has 0 saturated heterocycles. The van der Waals surface area contributed by atoms with Gasteiger partial charge >= 0.3 is 41.7 Å². The molecular weight excluding hydrogens is 544 g/mol. The zero-order valence-electron chi connectivity index (χ0n) is 17.8. The molecule has 0 amide bonds. The average Bonchev–Trinajstić information content (AvgIpc) is 2.82. The molecule has 0 aliphatic heterocycles. The highest BCUT2D eigenvalue weighted by atomic mass is 19.4. The van der Waals surface area contributed by atoms with Gasteiger partial charge in [0.15, 0.2) is 0 Å². The summed E-state index contributed by atoms with van der Waals surface area (Å²) in [5.41, 5.74) is -6.06. The molecule has 0 unspecified atom stereocenters. The third kappa shape index (κ3) is 4.71. The van der Waals surface area contributed by atoms with E-state index in [-0.39, 0.29) is 12.1 Å². The van der Waals surface area contributed by atoms with E-state index >= 15 is 0 Å². The maximum atomic E-state index is 14.4. The molecule has 4 nitrogen and oxygen atoms in total. The Kier molecular flexibility index (Phi) is 7.92. The number of aliphatic hydroxyl groups excluding tert-OH is 2. The molecule has 37 heavy (non-hydrogen) atoms. The van der Waals surface area contributed by atoms with Crippen LogP contribution in [0.1, 0.15) is 22.3 Å². The second-order valence-corrected chi connectivity index (χ2v) is 7.41. The summed E-state index contributed by atoms with van der Waals surface area (Å²) in [5, 5.41) is 18.0. The van der Waals surface area contributed by atoms with Crippen molar-refractivity contribution in [2.45, 2.75) is 48.9 Å². The summed E-state index contributed by atoms with van der Waals surface area (Å²) in [6.07, 6.45) is -6.96. The van der Waals surface area contributed by atoms with Gasteiger partial charge in [0.2, 0.25) is 0 Å². The minimum atomic E-state index is -6.99. The Bertz CT molecular complexity index is 1130. The third-order valence-electron chi connectivity index (χ3n) is 5.08. The van der Waals surface area contributed by atoms with Crippen molar-refractivity contribution in [3.8, 4) is 0 Å². The van der Waals surface area contributed by atoms with Crippen LogP contribution in [0.25, 0.3) is 0 Å². The summed E-state index contributed by atoms with van der Waals surface area (Å²) in [5.74, 6) is -37.4. The van der Waals surface area contributed by atoms with Gasteiger partial charge in [-0.15, -0.1) is 0 Å². The van der Waals surface area contributed by atoms with E-state index in [0.717, 1.165) is 12.1 Å². The molecule has 0 aliphatic carbocycles. The summed E-state index contributed by atoms with van der Waals surface area (Å²) < 4.78 is 173. The van der Waals surface area contributed by atoms with E-state index < -0.39 is 77.2 Å². The Balaban J connectivity index is 2.48. The molecule has 0 aliphatic rings. The highest BCUT2D eigenvalue weighted by Crippen LogP contribution is 2.55. The van der Waals surface area contributed by atoms with E-state index in [2.05, 4.69) is 4.74 Å². The SMILES string of the molecule is O=C(OC(F)(F)C(F)(F)C(F)(F)c1ccccc1CO)C(F)(F)C(F)(F)C(F)(F)c1ccccc1CO. The molecular formula is C21H14F12O4. The maximum Gasteiger partial charge on any atom is 0.473 e. The summed E-state index contributed by atoms with van der Waals surface area (Å²) in [6.45, 7) is -2.81. The van der Waals surface area contributed by atoms with Crippen LogP contribution < -0.4 is 0 Å². The lowest BCUT2D eigenvalue weighted by molar-refractivity contribution is -0.398. The number of hydrogen-bond acceptors (Lipinski definition) is 4.